The minimum atomic E-state index is 0.244. The van der Waals surface area contributed by atoms with Crippen LogP contribution in [0.4, 0.5) is 0 Å². The average Bonchev–Trinajstić information content (AvgIpc) is 2.89. The van der Waals surface area contributed by atoms with E-state index >= 15 is 0 Å². The van der Waals surface area contributed by atoms with Crippen molar-refractivity contribution < 1.29 is 0 Å². The molecule has 0 saturated carbocycles. The van der Waals surface area contributed by atoms with Gasteiger partial charge in [-0.25, -0.2) is 10.0 Å². The quantitative estimate of drug-likeness (QED) is 0.665. The molecule has 2 aliphatic heterocycles. The molecule has 2 aliphatic rings. The molecule has 2 heterocycles. The molecule has 5 nitrogen and oxygen atoms in total. The number of rotatable bonds is 7. The average molecular weight is 338 g/mol. The fraction of sp³-hybridized carbons (Fsp3) is 0.895. The summed E-state index contributed by atoms with van der Waals surface area (Å²) in [7, 11) is 2.19. The summed E-state index contributed by atoms with van der Waals surface area (Å²) in [6, 6.07) is 0.251. The molecule has 0 bridgehead atoms. The Kier molecular flexibility index (Phi) is 6.96. The number of nitrogens with one attached hydrogen (secondary N) is 2. The summed E-state index contributed by atoms with van der Waals surface area (Å²) in [5, 5.41) is 12.2. The lowest BCUT2D eigenvalue weighted by molar-refractivity contribution is -0.0186. The molecule has 5 unspecified atom stereocenters. The summed E-state index contributed by atoms with van der Waals surface area (Å²) in [4.78, 5) is 0. The van der Waals surface area contributed by atoms with E-state index in [1.165, 1.54) is 18.5 Å². The molecule has 0 aromatic rings. The third-order valence-electron chi connectivity index (χ3n) is 5.96. The minimum absolute atomic E-state index is 0.244. The maximum absolute atomic E-state index is 6.04. The third kappa shape index (κ3) is 4.44. The second-order valence-corrected chi connectivity index (χ2v) is 8.33. The second kappa shape index (κ2) is 8.54. The summed E-state index contributed by atoms with van der Waals surface area (Å²) in [6.45, 7) is 14.5. The van der Waals surface area contributed by atoms with Gasteiger partial charge in [-0.1, -0.05) is 34.6 Å². The summed E-state index contributed by atoms with van der Waals surface area (Å²) in [5.41, 5.74) is 7.39. The lowest BCUT2D eigenvalue weighted by Gasteiger charge is -2.43. The zero-order chi connectivity index (χ0) is 17.9. The molecule has 4 N–H and O–H groups in total. The normalized spacial score (nSPS) is 31.5. The van der Waals surface area contributed by atoms with Crippen molar-refractivity contribution in [3.63, 3.8) is 0 Å². The van der Waals surface area contributed by atoms with Crippen molar-refractivity contribution in [1.29, 1.82) is 0 Å². The Hall–Kier alpha value is -0.780. The van der Waals surface area contributed by atoms with E-state index < -0.39 is 0 Å². The molecule has 2 rings (SSSR count). The van der Waals surface area contributed by atoms with E-state index in [0.29, 0.717) is 18.4 Å². The highest BCUT2D eigenvalue weighted by molar-refractivity contribution is 5.12. The van der Waals surface area contributed by atoms with Crippen molar-refractivity contribution in [2.75, 3.05) is 26.7 Å². The van der Waals surface area contributed by atoms with Crippen molar-refractivity contribution in [3.8, 4) is 0 Å². The smallest absolute Gasteiger partial charge is 0.114 e. The molecule has 0 amide bonds. The van der Waals surface area contributed by atoms with Gasteiger partial charge in [0.25, 0.3) is 0 Å². The Bertz CT molecular complexity index is 422. The number of hydrogen-bond acceptors (Lipinski definition) is 5. The molecule has 0 aromatic carbocycles. The van der Waals surface area contributed by atoms with E-state index in [-0.39, 0.29) is 12.2 Å². The zero-order valence-corrected chi connectivity index (χ0v) is 16.5. The van der Waals surface area contributed by atoms with Gasteiger partial charge in [-0.3, -0.25) is 0 Å². The van der Waals surface area contributed by atoms with Crippen LogP contribution in [0.25, 0.3) is 0 Å². The Balaban J connectivity index is 2.10. The molecule has 5 heteroatoms. The van der Waals surface area contributed by atoms with Crippen LogP contribution in [-0.2, 0) is 0 Å². The van der Waals surface area contributed by atoms with Gasteiger partial charge in [0.05, 0.1) is 6.04 Å². The largest absolute Gasteiger partial charge is 0.382 e. The van der Waals surface area contributed by atoms with Crippen LogP contribution < -0.4 is 16.4 Å². The van der Waals surface area contributed by atoms with E-state index in [4.69, 9.17) is 5.73 Å². The Labute approximate surface area is 149 Å². The lowest BCUT2D eigenvalue weighted by atomic mass is 9.84. The highest BCUT2D eigenvalue weighted by Gasteiger charge is 2.37. The standard InChI is InChI=1S/C19H39N5/c1-7-16(8-15(5)13(2)3)18-10-21-17(9-20)19(22-18)24-12-14(4)11-23(24)6/h10,13-17,19,21-22H,7-9,11-12,20H2,1-6H3. The van der Waals surface area contributed by atoms with Gasteiger partial charge < -0.3 is 16.4 Å². The highest BCUT2D eigenvalue weighted by Crippen LogP contribution is 2.29. The number of hydrogen-bond donors (Lipinski definition) is 3. The maximum atomic E-state index is 6.04. The molecular weight excluding hydrogens is 298 g/mol. The fourth-order valence-corrected chi connectivity index (χ4v) is 3.95. The lowest BCUT2D eigenvalue weighted by Crippen LogP contribution is -2.63. The molecule has 0 spiro atoms. The molecule has 1 fully saturated rings. The van der Waals surface area contributed by atoms with Crippen LogP contribution >= 0.6 is 0 Å². The number of hydrazine groups is 1. The first-order valence-electron chi connectivity index (χ1n) is 9.77. The van der Waals surface area contributed by atoms with Crippen LogP contribution in [0.5, 0.6) is 0 Å². The zero-order valence-electron chi connectivity index (χ0n) is 16.5. The van der Waals surface area contributed by atoms with Crippen LogP contribution in [-0.4, -0.2) is 48.9 Å². The van der Waals surface area contributed by atoms with Crippen LogP contribution in [0.1, 0.15) is 47.5 Å². The first-order chi connectivity index (χ1) is 11.4. The van der Waals surface area contributed by atoms with Gasteiger partial charge in [-0.05, 0) is 30.6 Å². The summed E-state index contributed by atoms with van der Waals surface area (Å²) in [5.74, 6) is 2.75. The van der Waals surface area contributed by atoms with Gasteiger partial charge in [0.1, 0.15) is 6.17 Å². The van der Waals surface area contributed by atoms with Gasteiger partial charge in [-0.2, -0.15) is 0 Å². The molecule has 140 valence electrons. The van der Waals surface area contributed by atoms with Crippen molar-refractivity contribution in [2.45, 2.75) is 59.7 Å². The molecule has 24 heavy (non-hydrogen) atoms. The van der Waals surface area contributed by atoms with Gasteiger partial charge in [0, 0.05) is 44.5 Å². The highest BCUT2D eigenvalue weighted by atomic mass is 15.7. The van der Waals surface area contributed by atoms with Crippen LogP contribution in [0, 0.1) is 23.7 Å². The monoisotopic (exact) mass is 337 g/mol. The molecule has 0 radical (unpaired) electrons. The molecule has 0 aromatic heterocycles. The van der Waals surface area contributed by atoms with Crippen molar-refractivity contribution in [2.24, 2.45) is 29.4 Å². The molecule has 5 atom stereocenters. The summed E-state index contributed by atoms with van der Waals surface area (Å²) in [6.07, 6.45) is 4.84. The SMILES string of the molecule is CCC(CC(C)C(C)C)C1=CNC(CN)C(N2CC(C)CN2C)N1. The number of nitrogens with zero attached hydrogens (tertiary/aromatic N) is 2. The van der Waals surface area contributed by atoms with Crippen LogP contribution in [0.2, 0.25) is 0 Å². The van der Waals surface area contributed by atoms with E-state index in [2.05, 4.69) is 68.5 Å². The molecule has 0 aliphatic carbocycles. The van der Waals surface area contributed by atoms with Gasteiger partial charge in [0.15, 0.2) is 0 Å². The summed E-state index contributed by atoms with van der Waals surface area (Å²) >= 11 is 0. The van der Waals surface area contributed by atoms with Gasteiger partial charge in [-0.15, -0.1) is 0 Å². The Morgan fingerprint density at radius 2 is 2.00 bits per heavy atom. The third-order valence-corrected chi connectivity index (χ3v) is 5.96. The van der Waals surface area contributed by atoms with Gasteiger partial charge >= 0.3 is 0 Å². The van der Waals surface area contributed by atoms with E-state index in [0.717, 1.165) is 24.9 Å². The number of allylic oxidation sites excluding steroid dienone is 1. The second-order valence-electron chi connectivity index (χ2n) is 8.33. The predicted molar refractivity (Wildman–Crippen MR) is 102 cm³/mol. The first-order valence-corrected chi connectivity index (χ1v) is 9.77. The van der Waals surface area contributed by atoms with Crippen molar-refractivity contribution in [1.82, 2.24) is 20.7 Å². The van der Waals surface area contributed by atoms with Crippen molar-refractivity contribution in [3.05, 3.63) is 11.9 Å². The Morgan fingerprint density at radius 3 is 2.50 bits per heavy atom. The number of nitrogens with two attached hydrogens (primary N) is 1. The molecular formula is C19H39N5. The summed E-state index contributed by atoms with van der Waals surface area (Å²) < 4.78 is 0. The van der Waals surface area contributed by atoms with E-state index in [1.54, 1.807) is 0 Å². The first kappa shape index (κ1) is 19.5. The maximum Gasteiger partial charge on any atom is 0.114 e. The van der Waals surface area contributed by atoms with E-state index in [9.17, 15) is 0 Å². The topological polar surface area (TPSA) is 56.6 Å². The van der Waals surface area contributed by atoms with Gasteiger partial charge in [0.2, 0.25) is 0 Å². The van der Waals surface area contributed by atoms with Crippen molar-refractivity contribution >= 4 is 0 Å². The van der Waals surface area contributed by atoms with Crippen LogP contribution in [0.15, 0.2) is 11.9 Å². The fourth-order valence-electron chi connectivity index (χ4n) is 3.95. The minimum Gasteiger partial charge on any atom is -0.382 e. The molecule has 1 saturated heterocycles. The van der Waals surface area contributed by atoms with Crippen LogP contribution in [0.3, 0.4) is 0 Å². The van der Waals surface area contributed by atoms with E-state index in [1.807, 2.05) is 0 Å². The predicted octanol–water partition coefficient (Wildman–Crippen LogP) is 2.18. The Morgan fingerprint density at radius 1 is 1.29 bits per heavy atom.